The molecule has 0 radical (unpaired) electrons. The van der Waals surface area contributed by atoms with Crippen molar-refractivity contribution in [2.45, 2.75) is 43.9 Å². The first-order valence-electron chi connectivity index (χ1n) is 10.6. The summed E-state index contributed by atoms with van der Waals surface area (Å²) in [5, 5.41) is 18.4. The van der Waals surface area contributed by atoms with Crippen molar-refractivity contribution in [3.8, 4) is 11.8 Å². The molecule has 4 saturated carbocycles. The van der Waals surface area contributed by atoms with Crippen molar-refractivity contribution in [2.24, 2.45) is 17.8 Å². The summed E-state index contributed by atoms with van der Waals surface area (Å²) in [7, 11) is 0. The van der Waals surface area contributed by atoms with Gasteiger partial charge in [0.05, 0.1) is 11.1 Å². The second-order valence-corrected chi connectivity index (χ2v) is 9.40. The Morgan fingerprint density at radius 2 is 1.23 bits per heavy atom. The van der Waals surface area contributed by atoms with Gasteiger partial charge in [-0.25, -0.2) is 9.59 Å². The van der Waals surface area contributed by atoms with Crippen LogP contribution in [0, 0.1) is 29.6 Å². The van der Waals surface area contributed by atoms with Crippen molar-refractivity contribution in [2.75, 3.05) is 0 Å². The molecule has 30 heavy (non-hydrogen) atoms. The molecule has 4 aliphatic rings. The smallest absolute Gasteiger partial charge is 0.336 e. The zero-order valence-electron chi connectivity index (χ0n) is 16.7. The fourth-order valence-corrected chi connectivity index (χ4v) is 6.50. The Balaban J connectivity index is 1.38. The molecule has 0 aromatic heterocycles. The lowest BCUT2D eigenvalue weighted by atomic mass is 9.48. The molecule has 2 aromatic rings. The summed E-state index contributed by atoms with van der Waals surface area (Å²) in [6, 6.07) is 12.7. The highest BCUT2D eigenvalue weighted by atomic mass is 16.4. The number of carboxylic acids is 2. The highest BCUT2D eigenvalue weighted by molar-refractivity contribution is 6.01. The summed E-state index contributed by atoms with van der Waals surface area (Å²) >= 11 is 0. The molecule has 4 aliphatic carbocycles. The Kier molecular flexibility index (Phi) is 4.43. The first-order valence-corrected chi connectivity index (χ1v) is 10.6. The van der Waals surface area contributed by atoms with Crippen LogP contribution in [-0.4, -0.2) is 22.2 Å². The largest absolute Gasteiger partial charge is 0.478 e. The highest BCUT2D eigenvalue weighted by Gasteiger charge is 2.51. The van der Waals surface area contributed by atoms with Crippen LogP contribution < -0.4 is 0 Å². The predicted molar refractivity (Wildman–Crippen MR) is 113 cm³/mol. The van der Waals surface area contributed by atoms with Crippen molar-refractivity contribution >= 4 is 11.9 Å². The Morgan fingerprint density at radius 1 is 0.733 bits per heavy atom. The highest BCUT2D eigenvalue weighted by Crippen LogP contribution is 2.60. The molecule has 4 heteroatoms. The Labute approximate surface area is 175 Å². The van der Waals surface area contributed by atoms with Gasteiger partial charge in [-0.3, -0.25) is 0 Å². The molecular formula is C26H24O4. The van der Waals surface area contributed by atoms with Gasteiger partial charge in [0.1, 0.15) is 0 Å². The van der Waals surface area contributed by atoms with E-state index in [1.54, 1.807) is 6.07 Å². The van der Waals surface area contributed by atoms with E-state index in [1.807, 2.05) is 0 Å². The molecule has 2 N–H and O–H groups in total. The van der Waals surface area contributed by atoms with Gasteiger partial charge in [0, 0.05) is 11.1 Å². The summed E-state index contributed by atoms with van der Waals surface area (Å²) in [4.78, 5) is 22.5. The van der Waals surface area contributed by atoms with E-state index >= 15 is 0 Å². The lowest BCUT2D eigenvalue weighted by Gasteiger charge is -2.57. The van der Waals surface area contributed by atoms with Crippen LogP contribution in [0.2, 0.25) is 0 Å². The number of rotatable bonds is 3. The lowest BCUT2D eigenvalue weighted by Crippen LogP contribution is -2.48. The van der Waals surface area contributed by atoms with Crippen molar-refractivity contribution < 1.29 is 19.8 Å². The van der Waals surface area contributed by atoms with E-state index in [2.05, 4.69) is 36.1 Å². The summed E-state index contributed by atoms with van der Waals surface area (Å²) in [6.07, 6.45) is 8.29. The third-order valence-electron chi connectivity index (χ3n) is 7.37. The van der Waals surface area contributed by atoms with Crippen molar-refractivity contribution in [3.05, 3.63) is 70.3 Å². The van der Waals surface area contributed by atoms with Gasteiger partial charge in [0.15, 0.2) is 0 Å². The topological polar surface area (TPSA) is 74.6 Å². The average Bonchev–Trinajstić information content (AvgIpc) is 2.71. The third-order valence-corrected chi connectivity index (χ3v) is 7.37. The number of hydrogen-bond donors (Lipinski definition) is 2. The van der Waals surface area contributed by atoms with Gasteiger partial charge < -0.3 is 10.2 Å². The van der Waals surface area contributed by atoms with Gasteiger partial charge in [0.25, 0.3) is 0 Å². The van der Waals surface area contributed by atoms with Crippen LogP contribution in [-0.2, 0) is 5.41 Å². The average molecular weight is 400 g/mol. The molecule has 0 atom stereocenters. The molecule has 152 valence electrons. The SMILES string of the molecule is O=C(O)c1ccc(C#Cc2ccc(C34CC5CC(CC(C5)C3)C4)cc2)cc1C(=O)O. The number of carboxylic acid groups (broad SMARTS) is 2. The monoisotopic (exact) mass is 400 g/mol. The van der Waals surface area contributed by atoms with Gasteiger partial charge in [-0.15, -0.1) is 0 Å². The van der Waals surface area contributed by atoms with Gasteiger partial charge in [0.2, 0.25) is 0 Å². The molecule has 6 rings (SSSR count). The van der Waals surface area contributed by atoms with Crippen LogP contribution in [0.1, 0.15) is 75.9 Å². The minimum absolute atomic E-state index is 0.229. The molecule has 0 aliphatic heterocycles. The maximum absolute atomic E-state index is 11.3. The first kappa shape index (κ1) is 18.9. The predicted octanol–water partition coefficient (Wildman–Crippen LogP) is 4.95. The molecular weight excluding hydrogens is 376 g/mol. The van der Waals surface area contributed by atoms with Crippen LogP contribution in [0.4, 0.5) is 0 Å². The van der Waals surface area contributed by atoms with Crippen molar-refractivity contribution in [3.63, 3.8) is 0 Å². The van der Waals surface area contributed by atoms with E-state index in [0.29, 0.717) is 11.0 Å². The minimum Gasteiger partial charge on any atom is -0.478 e. The molecule has 4 fully saturated rings. The van der Waals surface area contributed by atoms with E-state index < -0.39 is 11.9 Å². The fourth-order valence-electron chi connectivity index (χ4n) is 6.50. The second kappa shape index (κ2) is 7.02. The van der Waals surface area contributed by atoms with Crippen molar-refractivity contribution in [1.29, 1.82) is 0 Å². The molecule has 0 heterocycles. The first-order chi connectivity index (χ1) is 14.4. The number of aromatic carboxylic acids is 2. The molecule has 0 saturated heterocycles. The van der Waals surface area contributed by atoms with Gasteiger partial charge in [-0.2, -0.15) is 0 Å². The van der Waals surface area contributed by atoms with Crippen LogP contribution in [0.5, 0.6) is 0 Å². The maximum Gasteiger partial charge on any atom is 0.336 e. The second-order valence-electron chi connectivity index (χ2n) is 9.40. The van der Waals surface area contributed by atoms with Gasteiger partial charge >= 0.3 is 11.9 Å². The van der Waals surface area contributed by atoms with Crippen LogP contribution in [0.25, 0.3) is 0 Å². The van der Waals surface area contributed by atoms with Crippen LogP contribution >= 0.6 is 0 Å². The van der Waals surface area contributed by atoms with Gasteiger partial charge in [-0.05, 0) is 97.6 Å². The van der Waals surface area contributed by atoms with Crippen LogP contribution in [0.3, 0.4) is 0 Å². The summed E-state index contributed by atoms with van der Waals surface area (Å²) in [6.45, 7) is 0. The Hall–Kier alpha value is -3.06. The minimum atomic E-state index is -1.27. The normalized spacial score (nSPS) is 28.6. The lowest BCUT2D eigenvalue weighted by molar-refractivity contribution is -0.00519. The molecule has 2 aromatic carbocycles. The summed E-state index contributed by atoms with van der Waals surface area (Å²) in [5.41, 5.74) is 2.71. The molecule has 4 nitrogen and oxygen atoms in total. The van der Waals surface area contributed by atoms with E-state index in [-0.39, 0.29) is 11.1 Å². The standard InChI is InChI=1S/C26H24O4/c27-24(28)22-8-5-17(12-23(22)25(29)30)2-1-16-3-6-21(7-4-16)26-13-18-9-19(14-26)11-20(10-18)15-26/h3-8,12,18-20H,9-11,13-15H2,(H,27,28)(H,29,30). The Bertz CT molecular complexity index is 1050. The zero-order chi connectivity index (χ0) is 20.9. The van der Waals surface area contributed by atoms with Crippen LogP contribution in [0.15, 0.2) is 42.5 Å². The summed E-state index contributed by atoms with van der Waals surface area (Å²) < 4.78 is 0. The summed E-state index contributed by atoms with van der Waals surface area (Å²) in [5.74, 6) is 6.26. The quantitative estimate of drug-likeness (QED) is 0.715. The molecule has 0 unspecified atom stereocenters. The molecule has 0 spiro atoms. The van der Waals surface area contributed by atoms with Gasteiger partial charge in [-0.1, -0.05) is 24.0 Å². The molecule has 4 bridgehead atoms. The fraction of sp³-hybridized carbons (Fsp3) is 0.385. The maximum atomic E-state index is 11.3. The van der Waals surface area contributed by atoms with E-state index in [9.17, 15) is 14.7 Å². The zero-order valence-corrected chi connectivity index (χ0v) is 16.7. The van der Waals surface area contributed by atoms with E-state index in [0.717, 1.165) is 23.3 Å². The number of benzene rings is 2. The van der Waals surface area contributed by atoms with Crippen molar-refractivity contribution in [1.82, 2.24) is 0 Å². The van der Waals surface area contributed by atoms with E-state index in [4.69, 9.17) is 5.11 Å². The number of hydrogen-bond acceptors (Lipinski definition) is 2. The Morgan fingerprint density at radius 3 is 1.77 bits per heavy atom. The van der Waals surface area contributed by atoms with E-state index in [1.165, 1.54) is 56.2 Å². The number of carbonyl (C=O) groups is 2. The molecule has 0 amide bonds. The third kappa shape index (κ3) is 3.29.